The van der Waals surface area contributed by atoms with Gasteiger partial charge < -0.3 is 10.6 Å². The highest BCUT2D eigenvalue weighted by Crippen LogP contribution is 2.31. The van der Waals surface area contributed by atoms with E-state index in [4.69, 9.17) is 0 Å². The highest BCUT2D eigenvalue weighted by atomic mass is 35.5. The lowest BCUT2D eigenvalue weighted by Crippen LogP contribution is -2.35. The Morgan fingerprint density at radius 1 is 1.29 bits per heavy atom. The van der Waals surface area contributed by atoms with Gasteiger partial charge in [-0.2, -0.15) is 0 Å². The first-order valence-electron chi connectivity index (χ1n) is 6.70. The predicted octanol–water partition coefficient (Wildman–Crippen LogP) is 2.35. The molecule has 1 amide bonds. The maximum Gasteiger partial charge on any atom is 0.223 e. The second-order valence-corrected chi connectivity index (χ2v) is 4.89. The van der Waals surface area contributed by atoms with Gasteiger partial charge in [0.05, 0.1) is 0 Å². The summed E-state index contributed by atoms with van der Waals surface area (Å²) in [5.74, 6) is 1.30. The van der Waals surface area contributed by atoms with Gasteiger partial charge in [0, 0.05) is 19.0 Å². The monoisotopic (exact) mass is 262 g/mol. The molecule has 4 heteroatoms. The van der Waals surface area contributed by atoms with E-state index in [1.807, 2.05) is 7.05 Å². The van der Waals surface area contributed by atoms with E-state index in [9.17, 15) is 4.79 Å². The average molecular weight is 263 g/mol. The molecule has 1 rings (SSSR count). The fourth-order valence-electron chi connectivity index (χ4n) is 2.56. The molecule has 1 aliphatic carbocycles. The molecule has 0 saturated heterocycles. The van der Waals surface area contributed by atoms with Gasteiger partial charge in [-0.25, -0.2) is 0 Å². The molecule has 0 aromatic heterocycles. The largest absolute Gasteiger partial charge is 0.355 e. The van der Waals surface area contributed by atoms with Gasteiger partial charge in [-0.1, -0.05) is 32.6 Å². The zero-order valence-corrected chi connectivity index (χ0v) is 11.9. The Kier molecular flexibility index (Phi) is 9.56. The van der Waals surface area contributed by atoms with Crippen LogP contribution in [0.15, 0.2) is 0 Å². The molecule has 0 heterocycles. The van der Waals surface area contributed by atoms with Crippen LogP contribution in [0.25, 0.3) is 0 Å². The van der Waals surface area contributed by atoms with Crippen LogP contribution < -0.4 is 10.6 Å². The summed E-state index contributed by atoms with van der Waals surface area (Å²) in [5, 5.41) is 6.05. The Labute approximate surface area is 112 Å². The molecule has 17 heavy (non-hydrogen) atoms. The van der Waals surface area contributed by atoms with Crippen LogP contribution in [-0.2, 0) is 4.79 Å². The summed E-state index contributed by atoms with van der Waals surface area (Å²) in [4.78, 5) is 11.9. The zero-order chi connectivity index (χ0) is 11.8. The number of carbonyl (C=O) groups is 1. The molecule has 1 aliphatic rings. The lowest BCUT2D eigenvalue weighted by molar-refractivity contribution is -0.125. The third kappa shape index (κ3) is 6.27. The Morgan fingerprint density at radius 3 is 2.47 bits per heavy atom. The molecule has 0 aromatic carbocycles. The average Bonchev–Trinajstić information content (AvgIpc) is 2.78. The van der Waals surface area contributed by atoms with E-state index in [1.54, 1.807) is 0 Å². The van der Waals surface area contributed by atoms with Gasteiger partial charge >= 0.3 is 0 Å². The summed E-state index contributed by atoms with van der Waals surface area (Å²) in [6, 6.07) is 0. The van der Waals surface area contributed by atoms with Crippen molar-refractivity contribution in [3.63, 3.8) is 0 Å². The minimum absolute atomic E-state index is 0. The minimum atomic E-state index is 0. The van der Waals surface area contributed by atoms with Crippen LogP contribution in [0.5, 0.6) is 0 Å². The molecule has 2 N–H and O–H groups in total. The number of amides is 1. The van der Waals surface area contributed by atoms with Crippen LogP contribution in [0, 0.1) is 11.8 Å². The van der Waals surface area contributed by atoms with Crippen LogP contribution in [0.3, 0.4) is 0 Å². The zero-order valence-electron chi connectivity index (χ0n) is 11.1. The maximum atomic E-state index is 11.9. The molecule has 0 bridgehead atoms. The fourth-order valence-corrected chi connectivity index (χ4v) is 2.56. The van der Waals surface area contributed by atoms with Crippen molar-refractivity contribution < 1.29 is 4.79 Å². The van der Waals surface area contributed by atoms with Crippen LogP contribution >= 0.6 is 12.4 Å². The van der Waals surface area contributed by atoms with Gasteiger partial charge in [0.2, 0.25) is 5.91 Å². The quantitative estimate of drug-likeness (QED) is 0.692. The highest BCUT2D eigenvalue weighted by molar-refractivity contribution is 5.85. The molecule has 0 aromatic rings. The van der Waals surface area contributed by atoms with Gasteiger partial charge in [-0.3, -0.25) is 4.79 Å². The Morgan fingerprint density at radius 2 is 1.94 bits per heavy atom. The Balaban J connectivity index is 0.00000256. The van der Waals surface area contributed by atoms with Gasteiger partial charge in [-0.15, -0.1) is 12.4 Å². The first-order chi connectivity index (χ1) is 7.77. The van der Waals surface area contributed by atoms with E-state index < -0.39 is 0 Å². The van der Waals surface area contributed by atoms with E-state index in [0.717, 1.165) is 31.8 Å². The van der Waals surface area contributed by atoms with E-state index >= 15 is 0 Å². The van der Waals surface area contributed by atoms with E-state index in [-0.39, 0.29) is 24.2 Å². The molecule has 102 valence electrons. The normalized spacial score (nSPS) is 17.5. The fraction of sp³-hybridized carbons (Fsp3) is 0.923. The third-order valence-electron chi connectivity index (χ3n) is 3.63. The Hall–Kier alpha value is -0.280. The minimum Gasteiger partial charge on any atom is -0.355 e. The summed E-state index contributed by atoms with van der Waals surface area (Å²) in [6.07, 6.45) is 7.47. The van der Waals surface area contributed by atoms with Crippen molar-refractivity contribution in [2.75, 3.05) is 20.1 Å². The van der Waals surface area contributed by atoms with Crippen LogP contribution in [0.4, 0.5) is 0 Å². The summed E-state index contributed by atoms with van der Waals surface area (Å²) >= 11 is 0. The van der Waals surface area contributed by atoms with E-state index in [2.05, 4.69) is 17.6 Å². The summed E-state index contributed by atoms with van der Waals surface area (Å²) in [7, 11) is 1.90. The van der Waals surface area contributed by atoms with Gasteiger partial charge in [0.25, 0.3) is 0 Å². The maximum absolute atomic E-state index is 11.9. The predicted molar refractivity (Wildman–Crippen MR) is 74.5 cm³/mol. The lowest BCUT2D eigenvalue weighted by atomic mass is 9.91. The van der Waals surface area contributed by atoms with Crippen molar-refractivity contribution in [1.29, 1.82) is 0 Å². The van der Waals surface area contributed by atoms with Crippen LogP contribution in [-0.4, -0.2) is 26.0 Å². The summed E-state index contributed by atoms with van der Waals surface area (Å²) in [6.45, 7) is 3.72. The van der Waals surface area contributed by atoms with Crippen molar-refractivity contribution in [1.82, 2.24) is 10.6 Å². The van der Waals surface area contributed by atoms with Crippen LogP contribution in [0.1, 0.15) is 45.4 Å². The van der Waals surface area contributed by atoms with Crippen molar-refractivity contribution in [2.24, 2.45) is 11.8 Å². The van der Waals surface area contributed by atoms with E-state index in [0.29, 0.717) is 0 Å². The van der Waals surface area contributed by atoms with Gasteiger partial charge in [0.1, 0.15) is 0 Å². The molecule has 1 saturated carbocycles. The van der Waals surface area contributed by atoms with Crippen LogP contribution in [0.2, 0.25) is 0 Å². The molecule has 1 unspecified atom stereocenters. The molecular formula is C13H27ClN2O. The summed E-state index contributed by atoms with van der Waals surface area (Å²) in [5.41, 5.74) is 0. The third-order valence-corrected chi connectivity index (χ3v) is 3.63. The van der Waals surface area contributed by atoms with Gasteiger partial charge in [0.15, 0.2) is 0 Å². The lowest BCUT2D eigenvalue weighted by Gasteiger charge is -2.18. The molecular weight excluding hydrogens is 236 g/mol. The smallest absolute Gasteiger partial charge is 0.223 e. The number of likely N-dealkylation sites (N-methyl/N-ethyl adjacent to an activating group) is 1. The molecule has 0 aliphatic heterocycles. The van der Waals surface area contributed by atoms with Crippen molar-refractivity contribution >= 4 is 18.3 Å². The molecule has 1 fully saturated rings. The first kappa shape index (κ1) is 16.7. The SMILES string of the molecule is CCC(CC1CCCC1)C(=O)NCCNC.Cl. The number of hydrogen-bond donors (Lipinski definition) is 2. The number of halogens is 1. The van der Waals surface area contributed by atoms with Gasteiger partial charge in [-0.05, 0) is 25.8 Å². The van der Waals surface area contributed by atoms with Crippen molar-refractivity contribution in [3.05, 3.63) is 0 Å². The first-order valence-corrected chi connectivity index (χ1v) is 6.70. The number of rotatable bonds is 7. The topological polar surface area (TPSA) is 41.1 Å². The van der Waals surface area contributed by atoms with Crippen molar-refractivity contribution in [2.45, 2.75) is 45.4 Å². The summed E-state index contributed by atoms with van der Waals surface area (Å²) < 4.78 is 0. The standard InChI is InChI=1S/C13H26N2O.ClH/c1-3-12(10-11-6-4-5-7-11)13(16)15-9-8-14-2;/h11-12,14H,3-10H2,1-2H3,(H,15,16);1H. The van der Waals surface area contributed by atoms with Crippen molar-refractivity contribution in [3.8, 4) is 0 Å². The second kappa shape index (κ2) is 9.72. The molecule has 0 spiro atoms. The molecule has 1 atom stereocenters. The number of hydrogen-bond acceptors (Lipinski definition) is 2. The highest BCUT2D eigenvalue weighted by Gasteiger charge is 2.23. The number of carbonyl (C=O) groups excluding carboxylic acids is 1. The van der Waals surface area contributed by atoms with E-state index in [1.165, 1.54) is 25.7 Å². The molecule has 3 nitrogen and oxygen atoms in total. The second-order valence-electron chi connectivity index (χ2n) is 4.89. The molecule has 0 radical (unpaired) electrons. The Bertz CT molecular complexity index is 206. The number of nitrogens with one attached hydrogen (secondary N) is 2.